The van der Waals surface area contributed by atoms with Gasteiger partial charge >= 0.3 is 5.97 Å². The quantitative estimate of drug-likeness (QED) is 0.768. The highest BCUT2D eigenvalue weighted by Crippen LogP contribution is 2.39. The summed E-state index contributed by atoms with van der Waals surface area (Å²) < 4.78 is 0. The lowest BCUT2D eigenvalue weighted by Crippen LogP contribution is -2.49. The zero-order valence-corrected chi connectivity index (χ0v) is 13.9. The SMILES string of the molecule is CC(C)(CO)[C@H](c1ccccc1C(=O)O)N1CCNCC1.Cl. The Morgan fingerprint density at radius 2 is 1.91 bits per heavy atom. The first-order valence-electron chi connectivity index (χ1n) is 7.35. The van der Waals surface area contributed by atoms with Crippen molar-refractivity contribution in [1.82, 2.24) is 10.2 Å². The predicted octanol–water partition coefficient (Wildman–Crippen LogP) is 1.77. The molecule has 1 saturated heterocycles. The molecule has 0 radical (unpaired) electrons. The van der Waals surface area contributed by atoms with Gasteiger partial charge in [-0.3, -0.25) is 4.90 Å². The molecule has 1 fully saturated rings. The fourth-order valence-electron chi connectivity index (χ4n) is 3.07. The van der Waals surface area contributed by atoms with Gasteiger partial charge in [0.1, 0.15) is 0 Å². The van der Waals surface area contributed by atoms with Gasteiger partial charge in [0.25, 0.3) is 0 Å². The third-order valence-electron chi connectivity index (χ3n) is 4.15. The Balaban J connectivity index is 0.00000242. The molecule has 1 heterocycles. The van der Waals surface area contributed by atoms with E-state index in [2.05, 4.69) is 10.2 Å². The number of carboxylic acid groups (broad SMARTS) is 1. The van der Waals surface area contributed by atoms with Gasteiger partial charge in [-0.15, -0.1) is 12.4 Å². The summed E-state index contributed by atoms with van der Waals surface area (Å²) in [5.74, 6) is -0.917. The molecule has 1 atom stereocenters. The van der Waals surface area contributed by atoms with E-state index in [0.717, 1.165) is 31.7 Å². The number of halogens is 1. The smallest absolute Gasteiger partial charge is 0.336 e. The molecule has 1 aliphatic heterocycles. The summed E-state index contributed by atoms with van der Waals surface area (Å²) in [5.41, 5.74) is 0.691. The molecule has 0 aromatic heterocycles. The number of benzene rings is 1. The lowest BCUT2D eigenvalue weighted by atomic mass is 9.78. The largest absolute Gasteiger partial charge is 0.478 e. The van der Waals surface area contributed by atoms with Gasteiger partial charge in [-0.25, -0.2) is 4.79 Å². The molecule has 0 unspecified atom stereocenters. The zero-order chi connectivity index (χ0) is 15.5. The highest BCUT2D eigenvalue weighted by atomic mass is 35.5. The molecule has 0 amide bonds. The minimum Gasteiger partial charge on any atom is -0.478 e. The van der Waals surface area contributed by atoms with Crippen LogP contribution in [-0.4, -0.2) is 53.9 Å². The second kappa shape index (κ2) is 7.92. The molecular formula is C16H25ClN2O3. The van der Waals surface area contributed by atoms with Crippen LogP contribution >= 0.6 is 12.4 Å². The fraction of sp³-hybridized carbons (Fsp3) is 0.562. The monoisotopic (exact) mass is 328 g/mol. The molecule has 3 N–H and O–H groups in total. The molecule has 1 aromatic rings. The van der Waals surface area contributed by atoms with Crippen LogP contribution in [0.2, 0.25) is 0 Å². The van der Waals surface area contributed by atoms with Crippen LogP contribution in [0.15, 0.2) is 24.3 Å². The molecule has 0 aliphatic carbocycles. The van der Waals surface area contributed by atoms with E-state index in [0.29, 0.717) is 5.56 Å². The normalized spacial score (nSPS) is 17.6. The van der Waals surface area contributed by atoms with Crippen molar-refractivity contribution in [3.63, 3.8) is 0 Å². The minimum atomic E-state index is -0.917. The summed E-state index contributed by atoms with van der Waals surface area (Å²) in [4.78, 5) is 13.8. The molecule has 0 spiro atoms. The summed E-state index contributed by atoms with van der Waals surface area (Å²) in [6.45, 7) is 7.44. The van der Waals surface area contributed by atoms with Gasteiger partial charge < -0.3 is 15.5 Å². The van der Waals surface area contributed by atoms with Crippen LogP contribution in [0.4, 0.5) is 0 Å². The minimum absolute atomic E-state index is 0. The summed E-state index contributed by atoms with van der Waals surface area (Å²) in [5, 5.41) is 22.6. The van der Waals surface area contributed by atoms with E-state index in [-0.39, 0.29) is 25.1 Å². The van der Waals surface area contributed by atoms with Crippen LogP contribution in [0, 0.1) is 5.41 Å². The lowest BCUT2D eigenvalue weighted by Gasteiger charge is -2.44. The van der Waals surface area contributed by atoms with Gasteiger partial charge in [0, 0.05) is 44.2 Å². The summed E-state index contributed by atoms with van der Waals surface area (Å²) in [6, 6.07) is 7.00. The number of rotatable bonds is 5. The van der Waals surface area contributed by atoms with Crippen LogP contribution in [0.3, 0.4) is 0 Å². The average Bonchev–Trinajstić information content (AvgIpc) is 2.48. The average molecular weight is 329 g/mol. The standard InChI is InChI=1S/C16H24N2O3.ClH/c1-16(2,11-19)14(18-9-7-17-8-10-18)12-5-3-4-6-13(12)15(20)21;/h3-6,14,17,19H,7-11H2,1-2H3,(H,20,21);1H/t14-;/m0./s1. The number of aliphatic hydroxyl groups is 1. The van der Waals surface area contributed by atoms with Crippen molar-refractivity contribution in [2.24, 2.45) is 5.41 Å². The topological polar surface area (TPSA) is 72.8 Å². The van der Waals surface area contributed by atoms with E-state index < -0.39 is 11.4 Å². The lowest BCUT2D eigenvalue weighted by molar-refractivity contribution is 0.0294. The van der Waals surface area contributed by atoms with Crippen molar-refractivity contribution < 1.29 is 15.0 Å². The Morgan fingerprint density at radius 1 is 1.32 bits per heavy atom. The Labute approximate surface area is 137 Å². The van der Waals surface area contributed by atoms with Gasteiger partial charge in [0.05, 0.1) is 5.56 Å². The second-order valence-electron chi connectivity index (χ2n) is 6.23. The van der Waals surface area contributed by atoms with Gasteiger partial charge in [-0.1, -0.05) is 32.0 Å². The number of aliphatic hydroxyl groups excluding tert-OH is 1. The number of carbonyl (C=O) groups is 1. The van der Waals surface area contributed by atoms with E-state index in [1.54, 1.807) is 12.1 Å². The maximum Gasteiger partial charge on any atom is 0.336 e. The number of hydrogen-bond donors (Lipinski definition) is 3. The maximum atomic E-state index is 11.5. The number of carboxylic acids is 1. The van der Waals surface area contributed by atoms with Crippen LogP contribution in [0.5, 0.6) is 0 Å². The third kappa shape index (κ3) is 3.98. The van der Waals surface area contributed by atoms with E-state index in [4.69, 9.17) is 0 Å². The number of piperazine rings is 1. The van der Waals surface area contributed by atoms with Crippen molar-refractivity contribution in [3.8, 4) is 0 Å². The van der Waals surface area contributed by atoms with Crippen LogP contribution in [-0.2, 0) is 0 Å². The molecule has 22 heavy (non-hydrogen) atoms. The second-order valence-corrected chi connectivity index (χ2v) is 6.23. The van der Waals surface area contributed by atoms with Crippen molar-refractivity contribution >= 4 is 18.4 Å². The predicted molar refractivity (Wildman–Crippen MR) is 88.7 cm³/mol. The molecule has 1 aliphatic rings. The first kappa shape index (κ1) is 18.9. The summed E-state index contributed by atoms with van der Waals surface area (Å²) in [7, 11) is 0. The first-order chi connectivity index (χ1) is 9.97. The van der Waals surface area contributed by atoms with E-state index in [9.17, 15) is 15.0 Å². The van der Waals surface area contributed by atoms with E-state index in [1.165, 1.54) is 0 Å². The highest BCUT2D eigenvalue weighted by molar-refractivity contribution is 5.89. The summed E-state index contributed by atoms with van der Waals surface area (Å²) >= 11 is 0. The van der Waals surface area contributed by atoms with Gasteiger partial charge in [-0.05, 0) is 11.6 Å². The maximum absolute atomic E-state index is 11.5. The molecule has 6 heteroatoms. The zero-order valence-electron chi connectivity index (χ0n) is 13.1. The molecular weight excluding hydrogens is 304 g/mol. The van der Waals surface area contributed by atoms with Gasteiger partial charge in [-0.2, -0.15) is 0 Å². The van der Waals surface area contributed by atoms with Crippen LogP contribution < -0.4 is 5.32 Å². The van der Waals surface area contributed by atoms with Gasteiger partial charge in [0.2, 0.25) is 0 Å². The third-order valence-corrected chi connectivity index (χ3v) is 4.15. The molecule has 5 nitrogen and oxygen atoms in total. The first-order valence-corrected chi connectivity index (χ1v) is 7.35. The Bertz CT molecular complexity index is 502. The number of nitrogens with one attached hydrogen (secondary N) is 1. The summed E-state index contributed by atoms with van der Waals surface area (Å²) in [6.07, 6.45) is 0. The number of nitrogens with zero attached hydrogens (tertiary/aromatic N) is 1. The molecule has 0 bridgehead atoms. The number of aromatic carboxylic acids is 1. The highest BCUT2D eigenvalue weighted by Gasteiger charge is 2.37. The van der Waals surface area contributed by atoms with Crippen molar-refractivity contribution in [3.05, 3.63) is 35.4 Å². The Morgan fingerprint density at radius 3 is 2.45 bits per heavy atom. The van der Waals surface area contributed by atoms with Crippen molar-refractivity contribution in [1.29, 1.82) is 0 Å². The van der Waals surface area contributed by atoms with Gasteiger partial charge in [0.15, 0.2) is 0 Å². The Hall–Kier alpha value is -1.14. The van der Waals surface area contributed by atoms with Crippen molar-refractivity contribution in [2.45, 2.75) is 19.9 Å². The van der Waals surface area contributed by atoms with Crippen LogP contribution in [0.1, 0.15) is 35.8 Å². The van der Waals surface area contributed by atoms with Crippen LogP contribution in [0.25, 0.3) is 0 Å². The van der Waals surface area contributed by atoms with E-state index >= 15 is 0 Å². The molecule has 1 aromatic carbocycles. The number of hydrogen-bond acceptors (Lipinski definition) is 4. The molecule has 0 saturated carbocycles. The fourth-order valence-corrected chi connectivity index (χ4v) is 3.07. The van der Waals surface area contributed by atoms with E-state index in [1.807, 2.05) is 26.0 Å². The Kier molecular flexibility index (Phi) is 6.81. The molecule has 2 rings (SSSR count). The van der Waals surface area contributed by atoms with Crippen molar-refractivity contribution in [2.75, 3.05) is 32.8 Å². The molecule has 124 valence electrons.